The Morgan fingerprint density at radius 1 is 1.21 bits per heavy atom. The van der Waals surface area contributed by atoms with Gasteiger partial charge in [-0.1, -0.05) is 30.3 Å². The summed E-state index contributed by atoms with van der Waals surface area (Å²) in [5.41, 5.74) is 0.891. The summed E-state index contributed by atoms with van der Waals surface area (Å²) in [7, 11) is 1.15. The second kappa shape index (κ2) is 7.15. The zero-order chi connectivity index (χ0) is 14.3. The van der Waals surface area contributed by atoms with Crippen LogP contribution >= 0.6 is 0 Å². The number of carbonyl (C=O) groups excluding carboxylic acids is 3. The molecular weight excluding hydrogens is 248 g/mol. The summed E-state index contributed by atoms with van der Waals surface area (Å²) in [6, 6.07) is 7.89. The van der Waals surface area contributed by atoms with Crippen molar-refractivity contribution in [2.45, 2.75) is 19.5 Å². The highest BCUT2D eigenvalue weighted by molar-refractivity contribution is 6.04. The molecule has 0 spiro atoms. The third kappa shape index (κ3) is 4.79. The van der Waals surface area contributed by atoms with Crippen molar-refractivity contribution >= 4 is 17.8 Å². The number of ether oxygens (including phenoxy) is 1. The Labute approximate surface area is 111 Å². The molecule has 6 heteroatoms. The molecule has 0 unspecified atom stereocenters. The zero-order valence-corrected chi connectivity index (χ0v) is 10.8. The first-order valence-corrected chi connectivity index (χ1v) is 5.71. The molecule has 1 rings (SSSR count). The first kappa shape index (κ1) is 14.7. The minimum atomic E-state index is -1.33. The van der Waals surface area contributed by atoms with Crippen molar-refractivity contribution in [3.63, 3.8) is 0 Å². The minimum Gasteiger partial charge on any atom is -0.467 e. The van der Waals surface area contributed by atoms with E-state index in [4.69, 9.17) is 0 Å². The van der Waals surface area contributed by atoms with E-state index in [0.29, 0.717) is 0 Å². The van der Waals surface area contributed by atoms with Crippen molar-refractivity contribution in [3.05, 3.63) is 35.9 Å². The van der Waals surface area contributed by atoms with Crippen LogP contribution in [0.1, 0.15) is 12.5 Å². The molecule has 1 atom stereocenters. The van der Waals surface area contributed by atoms with Crippen molar-refractivity contribution in [2.24, 2.45) is 0 Å². The molecule has 2 amide bonds. The number of hydrogen-bond donors (Lipinski definition) is 2. The SMILES string of the molecule is COC(=O)[C@H](NC(C)=O)C(=O)NCc1ccccc1. The van der Waals surface area contributed by atoms with Gasteiger partial charge in [0.1, 0.15) is 0 Å². The van der Waals surface area contributed by atoms with Crippen LogP contribution < -0.4 is 10.6 Å². The number of nitrogens with one attached hydrogen (secondary N) is 2. The number of benzene rings is 1. The van der Waals surface area contributed by atoms with Crippen LogP contribution in [0.3, 0.4) is 0 Å². The predicted octanol–water partition coefficient (Wildman–Crippen LogP) is -0.0195. The van der Waals surface area contributed by atoms with Gasteiger partial charge in [0.05, 0.1) is 7.11 Å². The fraction of sp³-hybridized carbons (Fsp3) is 0.308. The summed E-state index contributed by atoms with van der Waals surface area (Å²) in [4.78, 5) is 34.2. The van der Waals surface area contributed by atoms with E-state index < -0.39 is 23.8 Å². The van der Waals surface area contributed by atoms with E-state index in [-0.39, 0.29) is 6.54 Å². The van der Waals surface area contributed by atoms with Crippen molar-refractivity contribution in [2.75, 3.05) is 7.11 Å². The first-order valence-electron chi connectivity index (χ1n) is 5.71. The molecule has 0 bridgehead atoms. The molecule has 0 saturated heterocycles. The normalized spacial score (nSPS) is 11.3. The highest BCUT2D eigenvalue weighted by atomic mass is 16.5. The van der Waals surface area contributed by atoms with Crippen LogP contribution in [0, 0.1) is 0 Å². The lowest BCUT2D eigenvalue weighted by molar-refractivity contribution is -0.149. The van der Waals surface area contributed by atoms with E-state index in [1.54, 1.807) is 0 Å². The van der Waals surface area contributed by atoms with Crippen LogP contribution in [0.25, 0.3) is 0 Å². The third-order valence-electron chi connectivity index (χ3n) is 2.36. The molecule has 2 N–H and O–H groups in total. The van der Waals surface area contributed by atoms with Crippen molar-refractivity contribution in [1.82, 2.24) is 10.6 Å². The number of carbonyl (C=O) groups is 3. The summed E-state index contributed by atoms with van der Waals surface area (Å²) in [6.45, 7) is 1.49. The van der Waals surface area contributed by atoms with Gasteiger partial charge in [0.15, 0.2) is 0 Å². The summed E-state index contributed by atoms with van der Waals surface area (Å²) in [5, 5.41) is 4.81. The van der Waals surface area contributed by atoms with Gasteiger partial charge in [0.2, 0.25) is 11.9 Å². The smallest absolute Gasteiger partial charge is 0.338 e. The van der Waals surface area contributed by atoms with Crippen LogP contribution in [-0.2, 0) is 25.7 Å². The van der Waals surface area contributed by atoms with Crippen LogP contribution in [0.4, 0.5) is 0 Å². The molecular formula is C13H16N2O4. The lowest BCUT2D eigenvalue weighted by Crippen LogP contribution is -2.51. The van der Waals surface area contributed by atoms with E-state index in [2.05, 4.69) is 15.4 Å². The Hall–Kier alpha value is -2.37. The molecule has 0 aliphatic carbocycles. The Bertz CT molecular complexity index is 459. The Kier molecular flexibility index (Phi) is 5.53. The van der Waals surface area contributed by atoms with Gasteiger partial charge in [-0.3, -0.25) is 9.59 Å². The van der Waals surface area contributed by atoms with E-state index in [9.17, 15) is 14.4 Å². The summed E-state index contributed by atoms with van der Waals surface area (Å²) >= 11 is 0. The average molecular weight is 264 g/mol. The van der Waals surface area contributed by atoms with Crippen LogP contribution in [0.15, 0.2) is 30.3 Å². The van der Waals surface area contributed by atoms with Gasteiger partial charge in [-0.25, -0.2) is 4.79 Å². The van der Waals surface area contributed by atoms with Gasteiger partial charge in [0, 0.05) is 13.5 Å². The second-order valence-corrected chi connectivity index (χ2v) is 3.86. The Morgan fingerprint density at radius 2 is 1.84 bits per heavy atom. The molecule has 0 aliphatic rings. The Balaban J connectivity index is 2.62. The van der Waals surface area contributed by atoms with Crippen LogP contribution in [0.2, 0.25) is 0 Å². The molecule has 1 aromatic rings. The first-order chi connectivity index (χ1) is 9.04. The van der Waals surface area contributed by atoms with E-state index in [1.807, 2.05) is 30.3 Å². The summed E-state index contributed by atoms with van der Waals surface area (Å²) in [6.07, 6.45) is 0. The fourth-order valence-electron chi connectivity index (χ4n) is 1.44. The summed E-state index contributed by atoms with van der Waals surface area (Å²) < 4.78 is 4.47. The molecule has 6 nitrogen and oxygen atoms in total. The van der Waals surface area contributed by atoms with Crippen molar-refractivity contribution < 1.29 is 19.1 Å². The maximum Gasteiger partial charge on any atom is 0.338 e. The molecule has 0 heterocycles. The average Bonchev–Trinajstić information content (AvgIpc) is 2.42. The van der Waals surface area contributed by atoms with Gasteiger partial charge in [-0.05, 0) is 5.56 Å². The molecule has 102 valence electrons. The molecule has 0 aliphatic heterocycles. The molecule has 1 aromatic carbocycles. The van der Waals surface area contributed by atoms with E-state index in [1.165, 1.54) is 6.92 Å². The van der Waals surface area contributed by atoms with Crippen molar-refractivity contribution in [1.29, 1.82) is 0 Å². The quantitative estimate of drug-likeness (QED) is 0.578. The van der Waals surface area contributed by atoms with Gasteiger partial charge < -0.3 is 15.4 Å². The van der Waals surface area contributed by atoms with Gasteiger partial charge in [-0.2, -0.15) is 0 Å². The topological polar surface area (TPSA) is 84.5 Å². The summed E-state index contributed by atoms with van der Waals surface area (Å²) in [5.74, 6) is -1.89. The highest BCUT2D eigenvalue weighted by Crippen LogP contribution is 1.98. The predicted molar refractivity (Wildman–Crippen MR) is 67.9 cm³/mol. The largest absolute Gasteiger partial charge is 0.467 e. The minimum absolute atomic E-state index is 0.271. The van der Waals surface area contributed by atoms with Gasteiger partial charge in [0.25, 0.3) is 5.91 Å². The highest BCUT2D eigenvalue weighted by Gasteiger charge is 2.27. The van der Waals surface area contributed by atoms with Gasteiger partial charge >= 0.3 is 5.97 Å². The number of rotatable bonds is 5. The Morgan fingerprint density at radius 3 is 2.37 bits per heavy atom. The number of esters is 1. The monoisotopic (exact) mass is 264 g/mol. The second-order valence-electron chi connectivity index (χ2n) is 3.86. The molecule has 19 heavy (non-hydrogen) atoms. The zero-order valence-electron chi connectivity index (χ0n) is 10.8. The van der Waals surface area contributed by atoms with Crippen LogP contribution in [-0.4, -0.2) is 30.9 Å². The van der Waals surface area contributed by atoms with Crippen molar-refractivity contribution in [3.8, 4) is 0 Å². The molecule has 0 aromatic heterocycles. The number of amides is 2. The third-order valence-corrected chi connectivity index (χ3v) is 2.36. The number of methoxy groups -OCH3 is 1. The molecule has 0 radical (unpaired) electrons. The van der Waals surface area contributed by atoms with E-state index in [0.717, 1.165) is 12.7 Å². The lowest BCUT2D eigenvalue weighted by Gasteiger charge is -2.15. The van der Waals surface area contributed by atoms with E-state index >= 15 is 0 Å². The number of hydrogen-bond acceptors (Lipinski definition) is 4. The lowest BCUT2D eigenvalue weighted by atomic mass is 10.2. The van der Waals surface area contributed by atoms with Crippen LogP contribution in [0.5, 0.6) is 0 Å². The maximum atomic E-state index is 11.8. The molecule has 0 saturated carbocycles. The fourth-order valence-corrected chi connectivity index (χ4v) is 1.44. The van der Waals surface area contributed by atoms with Gasteiger partial charge in [-0.15, -0.1) is 0 Å². The maximum absolute atomic E-state index is 11.8. The molecule has 0 fully saturated rings. The standard InChI is InChI=1S/C13H16N2O4/c1-9(16)15-11(13(18)19-2)12(17)14-8-10-6-4-3-5-7-10/h3-7,11H,8H2,1-2H3,(H,14,17)(H,15,16)/t11-/m1/s1.